The highest BCUT2D eigenvalue weighted by molar-refractivity contribution is 7.89. The van der Waals surface area contributed by atoms with E-state index in [4.69, 9.17) is 0 Å². The van der Waals surface area contributed by atoms with E-state index < -0.39 is 33.8 Å². The van der Waals surface area contributed by atoms with Gasteiger partial charge < -0.3 is 10.0 Å². The Bertz CT molecular complexity index is 1330. The van der Waals surface area contributed by atoms with Crippen LogP contribution in [0.4, 0.5) is 8.78 Å². The van der Waals surface area contributed by atoms with E-state index in [2.05, 4.69) is 0 Å². The number of sulfonamides is 1. The second-order valence-electron chi connectivity index (χ2n) is 8.53. The molecule has 5 rings (SSSR count). The molecular formula is C25H22F2N2O4S. The van der Waals surface area contributed by atoms with E-state index in [1.807, 2.05) is 24.3 Å². The minimum Gasteiger partial charge on any atom is -0.394 e. The molecule has 0 unspecified atom stereocenters. The Kier molecular flexibility index (Phi) is 5.71. The van der Waals surface area contributed by atoms with Crippen molar-refractivity contribution in [3.05, 3.63) is 90.0 Å². The molecule has 176 valence electrons. The summed E-state index contributed by atoms with van der Waals surface area (Å²) in [7, 11) is -4.06. The van der Waals surface area contributed by atoms with Crippen LogP contribution >= 0.6 is 0 Å². The van der Waals surface area contributed by atoms with Gasteiger partial charge in [-0.3, -0.25) is 4.79 Å². The van der Waals surface area contributed by atoms with E-state index >= 15 is 0 Å². The lowest BCUT2D eigenvalue weighted by molar-refractivity contribution is -0.158. The van der Waals surface area contributed by atoms with Gasteiger partial charge in [-0.1, -0.05) is 42.5 Å². The molecule has 0 aliphatic carbocycles. The Morgan fingerprint density at radius 1 is 0.912 bits per heavy atom. The number of carbonyl (C=O) groups is 1. The van der Waals surface area contributed by atoms with Gasteiger partial charge in [0.15, 0.2) is 0 Å². The number of halogens is 2. The Labute approximate surface area is 196 Å². The summed E-state index contributed by atoms with van der Waals surface area (Å²) in [6, 6.07) is 17.5. The summed E-state index contributed by atoms with van der Waals surface area (Å²) < 4.78 is 54.1. The molecule has 3 atom stereocenters. The second-order valence-corrected chi connectivity index (χ2v) is 10.5. The van der Waals surface area contributed by atoms with Crippen LogP contribution in [0, 0.1) is 11.6 Å². The normalized spacial score (nSPS) is 22.9. The zero-order chi connectivity index (χ0) is 24.0. The van der Waals surface area contributed by atoms with Crippen molar-refractivity contribution in [1.82, 2.24) is 9.21 Å². The number of carbonyl (C=O) groups excluding carboxylic acids is 1. The number of hydrogen-bond acceptors (Lipinski definition) is 4. The van der Waals surface area contributed by atoms with Crippen LogP contribution in [-0.4, -0.2) is 60.4 Å². The largest absolute Gasteiger partial charge is 0.394 e. The van der Waals surface area contributed by atoms with E-state index in [1.165, 1.54) is 24.3 Å². The predicted molar refractivity (Wildman–Crippen MR) is 121 cm³/mol. The van der Waals surface area contributed by atoms with Gasteiger partial charge in [-0.2, -0.15) is 4.31 Å². The molecule has 2 saturated heterocycles. The Morgan fingerprint density at radius 2 is 1.56 bits per heavy atom. The van der Waals surface area contributed by atoms with E-state index in [0.717, 1.165) is 33.1 Å². The Morgan fingerprint density at radius 3 is 2.18 bits per heavy atom. The van der Waals surface area contributed by atoms with Gasteiger partial charge in [-0.15, -0.1) is 0 Å². The summed E-state index contributed by atoms with van der Waals surface area (Å²) in [6.07, 6.45) is 0. The minimum absolute atomic E-state index is 0.0471. The maximum absolute atomic E-state index is 13.6. The molecule has 34 heavy (non-hydrogen) atoms. The maximum Gasteiger partial charge on any atom is 0.243 e. The molecule has 0 spiro atoms. The molecule has 3 aromatic carbocycles. The number of aliphatic hydroxyl groups excluding tert-OH is 1. The lowest BCUT2D eigenvalue weighted by Crippen LogP contribution is -2.73. The number of piperazine rings is 1. The highest BCUT2D eigenvalue weighted by Gasteiger charge is 2.55. The first-order valence-electron chi connectivity index (χ1n) is 10.8. The van der Waals surface area contributed by atoms with E-state index in [1.54, 1.807) is 17.0 Å². The van der Waals surface area contributed by atoms with Crippen LogP contribution in [0.2, 0.25) is 0 Å². The van der Waals surface area contributed by atoms with Crippen molar-refractivity contribution >= 4 is 15.9 Å². The number of benzene rings is 3. The van der Waals surface area contributed by atoms with Crippen molar-refractivity contribution in [3.63, 3.8) is 0 Å². The average molecular weight is 485 g/mol. The summed E-state index contributed by atoms with van der Waals surface area (Å²) >= 11 is 0. The van der Waals surface area contributed by atoms with Crippen LogP contribution in [0.1, 0.15) is 11.5 Å². The fraction of sp³-hybridized carbons (Fsp3) is 0.240. The van der Waals surface area contributed by atoms with E-state index in [9.17, 15) is 27.1 Å². The monoisotopic (exact) mass is 484 g/mol. The number of aliphatic hydroxyl groups is 1. The maximum atomic E-state index is 13.6. The summed E-state index contributed by atoms with van der Waals surface area (Å²) in [6.45, 7) is -0.559. The predicted octanol–water partition coefficient (Wildman–Crippen LogP) is 2.99. The molecule has 0 radical (unpaired) electrons. The molecule has 0 aromatic heterocycles. The van der Waals surface area contributed by atoms with Crippen molar-refractivity contribution in [2.75, 3.05) is 19.7 Å². The van der Waals surface area contributed by atoms with Crippen LogP contribution in [0.25, 0.3) is 11.1 Å². The lowest BCUT2D eigenvalue weighted by Gasteiger charge is -2.58. The molecule has 3 aromatic rings. The molecule has 9 heteroatoms. The molecule has 6 nitrogen and oxygen atoms in total. The number of fused-ring (bicyclic) bond motifs is 1. The molecule has 2 fully saturated rings. The van der Waals surface area contributed by atoms with E-state index in [0.29, 0.717) is 0 Å². The quantitative estimate of drug-likeness (QED) is 0.604. The Balaban J connectivity index is 1.42. The number of hydrogen-bond donors (Lipinski definition) is 1. The Hall–Kier alpha value is -3.14. The smallest absolute Gasteiger partial charge is 0.243 e. The molecular weight excluding hydrogens is 462 g/mol. The van der Waals surface area contributed by atoms with Crippen LogP contribution in [0.15, 0.2) is 77.7 Å². The van der Waals surface area contributed by atoms with Crippen molar-refractivity contribution in [3.8, 4) is 11.1 Å². The zero-order valence-electron chi connectivity index (χ0n) is 18.0. The fourth-order valence-corrected chi connectivity index (χ4v) is 6.41. The topological polar surface area (TPSA) is 77.9 Å². The van der Waals surface area contributed by atoms with Crippen molar-refractivity contribution in [2.24, 2.45) is 0 Å². The first kappa shape index (κ1) is 22.6. The van der Waals surface area contributed by atoms with Gasteiger partial charge in [0.25, 0.3) is 0 Å². The van der Waals surface area contributed by atoms with Gasteiger partial charge in [0.2, 0.25) is 15.9 Å². The third-order valence-electron chi connectivity index (χ3n) is 6.63. The summed E-state index contributed by atoms with van der Waals surface area (Å²) in [5.41, 5.74) is 2.60. The fourth-order valence-electron chi connectivity index (χ4n) is 4.97. The van der Waals surface area contributed by atoms with Gasteiger partial charge in [-0.05, 0) is 47.0 Å². The average Bonchev–Trinajstić information content (AvgIpc) is 2.81. The van der Waals surface area contributed by atoms with Gasteiger partial charge in [0.1, 0.15) is 11.6 Å². The van der Waals surface area contributed by atoms with Crippen LogP contribution in [0.5, 0.6) is 0 Å². The standard InChI is InChI=1S/C25H22F2N2O4S/c26-19-10-8-17(9-11-19)16-4-6-18(7-5-16)25-22-13-28(14-24(31)29(22)23(25)15-30)34(32,33)21-3-1-2-20(27)12-21/h1-12,22-23,25,30H,13-15H2/t22-,23+,25+/m1/s1. The lowest BCUT2D eigenvalue weighted by atomic mass is 9.74. The summed E-state index contributed by atoms with van der Waals surface area (Å²) in [4.78, 5) is 14.2. The molecule has 0 saturated carbocycles. The van der Waals surface area contributed by atoms with Gasteiger partial charge in [0.05, 0.1) is 30.1 Å². The summed E-state index contributed by atoms with van der Waals surface area (Å²) in [5.74, 6) is -1.65. The minimum atomic E-state index is -4.06. The van der Waals surface area contributed by atoms with Crippen molar-refractivity contribution in [1.29, 1.82) is 0 Å². The highest BCUT2D eigenvalue weighted by Crippen LogP contribution is 2.44. The molecule has 1 amide bonds. The van der Waals surface area contributed by atoms with Gasteiger partial charge >= 0.3 is 0 Å². The molecule has 2 heterocycles. The number of amides is 1. The highest BCUT2D eigenvalue weighted by atomic mass is 32.2. The third-order valence-corrected chi connectivity index (χ3v) is 8.44. The van der Waals surface area contributed by atoms with Crippen molar-refractivity contribution in [2.45, 2.75) is 22.9 Å². The van der Waals surface area contributed by atoms with Crippen LogP contribution in [0.3, 0.4) is 0 Å². The molecule has 0 bridgehead atoms. The first-order valence-corrected chi connectivity index (χ1v) is 12.3. The first-order chi connectivity index (χ1) is 16.3. The SMILES string of the molecule is O=C1CN(S(=O)(=O)c2cccc(F)c2)C[C@@H]2[C@H](c3ccc(-c4ccc(F)cc4)cc3)[C@H](CO)N12. The summed E-state index contributed by atoms with van der Waals surface area (Å²) in [5, 5.41) is 9.96. The van der Waals surface area contributed by atoms with Gasteiger partial charge in [0, 0.05) is 12.5 Å². The zero-order valence-corrected chi connectivity index (χ0v) is 18.8. The number of nitrogens with zero attached hydrogens (tertiary/aromatic N) is 2. The third kappa shape index (κ3) is 3.79. The van der Waals surface area contributed by atoms with Crippen LogP contribution in [-0.2, 0) is 14.8 Å². The molecule has 2 aliphatic rings. The van der Waals surface area contributed by atoms with Crippen LogP contribution < -0.4 is 0 Å². The second kappa shape index (κ2) is 8.57. The van der Waals surface area contributed by atoms with E-state index in [-0.39, 0.29) is 36.3 Å². The molecule has 2 aliphatic heterocycles. The van der Waals surface area contributed by atoms with Gasteiger partial charge in [-0.25, -0.2) is 17.2 Å². The van der Waals surface area contributed by atoms with Crippen molar-refractivity contribution < 1.29 is 27.1 Å². The molecule has 1 N–H and O–H groups in total. The number of rotatable bonds is 5.